The maximum atomic E-state index is 11.9. The summed E-state index contributed by atoms with van der Waals surface area (Å²) >= 11 is 0. The Kier molecular flexibility index (Phi) is 8.11. The molecule has 0 atom stereocenters. The molecule has 106 valence electrons. The molecule has 0 saturated heterocycles. The minimum atomic E-state index is -0.888. The Labute approximate surface area is 109 Å². The third kappa shape index (κ3) is 7.89. The van der Waals surface area contributed by atoms with E-state index in [4.69, 9.17) is 5.11 Å². The second kappa shape index (κ2) is 8.74. The lowest BCUT2D eigenvalue weighted by atomic mass is 10.3. The lowest BCUT2D eigenvalue weighted by molar-refractivity contribution is -0.137. The van der Waals surface area contributed by atoms with Gasteiger partial charge in [0.1, 0.15) is 0 Å². The van der Waals surface area contributed by atoms with Crippen molar-refractivity contribution in [3.63, 3.8) is 0 Å². The number of carbonyl (C=O) groups is 2. The number of hydrogen-bond donors (Lipinski definition) is 2. The number of amides is 2. The van der Waals surface area contributed by atoms with Crippen LogP contribution in [0.3, 0.4) is 0 Å². The SMILES string of the molecule is CC(C)N(CCC(=O)O)C(=O)NCCCN(C)C. The van der Waals surface area contributed by atoms with Gasteiger partial charge in [0.15, 0.2) is 0 Å². The van der Waals surface area contributed by atoms with E-state index in [0.717, 1.165) is 13.0 Å². The molecule has 0 radical (unpaired) electrons. The van der Waals surface area contributed by atoms with Crippen LogP contribution in [0.25, 0.3) is 0 Å². The van der Waals surface area contributed by atoms with Crippen LogP contribution in [0.2, 0.25) is 0 Å². The summed E-state index contributed by atoms with van der Waals surface area (Å²) in [7, 11) is 3.96. The molecule has 18 heavy (non-hydrogen) atoms. The molecule has 0 aliphatic heterocycles. The molecule has 0 heterocycles. The first-order valence-corrected chi connectivity index (χ1v) is 6.25. The number of aliphatic carboxylic acids is 1. The zero-order valence-corrected chi connectivity index (χ0v) is 11.8. The highest BCUT2D eigenvalue weighted by Gasteiger charge is 2.17. The maximum Gasteiger partial charge on any atom is 0.317 e. The largest absolute Gasteiger partial charge is 0.481 e. The maximum absolute atomic E-state index is 11.9. The molecule has 0 aliphatic carbocycles. The van der Waals surface area contributed by atoms with Gasteiger partial charge in [0, 0.05) is 19.1 Å². The van der Waals surface area contributed by atoms with Crippen molar-refractivity contribution in [3.05, 3.63) is 0 Å². The van der Waals surface area contributed by atoms with E-state index in [9.17, 15) is 9.59 Å². The monoisotopic (exact) mass is 259 g/mol. The summed E-state index contributed by atoms with van der Waals surface area (Å²) < 4.78 is 0. The Morgan fingerprint density at radius 1 is 1.22 bits per heavy atom. The summed E-state index contributed by atoms with van der Waals surface area (Å²) in [4.78, 5) is 26.0. The lowest BCUT2D eigenvalue weighted by Gasteiger charge is -2.26. The summed E-state index contributed by atoms with van der Waals surface area (Å²) in [5, 5.41) is 11.4. The predicted octanol–water partition coefficient (Wildman–Crippen LogP) is 0.833. The van der Waals surface area contributed by atoms with Gasteiger partial charge in [0.05, 0.1) is 6.42 Å². The summed E-state index contributed by atoms with van der Waals surface area (Å²) in [6, 6.07) is -0.191. The standard InChI is InChI=1S/C12H25N3O3/c1-10(2)15(9-6-11(16)17)12(18)13-7-5-8-14(3)4/h10H,5-9H2,1-4H3,(H,13,18)(H,16,17). The van der Waals surface area contributed by atoms with Gasteiger partial charge in [-0.1, -0.05) is 0 Å². The Balaban J connectivity index is 4.02. The van der Waals surface area contributed by atoms with Crippen molar-refractivity contribution in [1.82, 2.24) is 15.1 Å². The van der Waals surface area contributed by atoms with Crippen LogP contribution >= 0.6 is 0 Å². The molecule has 0 bridgehead atoms. The van der Waals surface area contributed by atoms with Crippen LogP contribution in [-0.4, -0.2) is 66.7 Å². The molecular formula is C12H25N3O3. The van der Waals surface area contributed by atoms with Crippen LogP contribution in [0.1, 0.15) is 26.7 Å². The molecule has 0 unspecified atom stereocenters. The van der Waals surface area contributed by atoms with Crippen LogP contribution in [0.4, 0.5) is 4.79 Å². The van der Waals surface area contributed by atoms with Crippen molar-refractivity contribution in [2.75, 3.05) is 33.7 Å². The van der Waals surface area contributed by atoms with Gasteiger partial charge in [-0.3, -0.25) is 4.79 Å². The number of rotatable bonds is 8. The minimum Gasteiger partial charge on any atom is -0.481 e. The highest BCUT2D eigenvalue weighted by Crippen LogP contribution is 2.00. The van der Waals surface area contributed by atoms with Gasteiger partial charge >= 0.3 is 12.0 Å². The van der Waals surface area contributed by atoms with Crippen LogP contribution in [0.5, 0.6) is 0 Å². The van der Waals surface area contributed by atoms with Crippen LogP contribution in [0, 0.1) is 0 Å². The highest BCUT2D eigenvalue weighted by atomic mass is 16.4. The molecule has 0 aliphatic rings. The van der Waals surface area contributed by atoms with Crippen molar-refractivity contribution >= 4 is 12.0 Å². The van der Waals surface area contributed by atoms with Crippen LogP contribution in [0.15, 0.2) is 0 Å². The summed E-state index contributed by atoms with van der Waals surface area (Å²) in [6.45, 7) is 5.51. The van der Waals surface area contributed by atoms with E-state index in [-0.39, 0.29) is 25.0 Å². The van der Waals surface area contributed by atoms with E-state index >= 15 is 0 Å². The van der Waals surface area contributed by atoms with Crippen molar-refractivity contribution in [1.29, 1.82) is 0 Å². The fourth-order valence-corrected chi connectivity index (χ4v) is 1.50. The minimum absolute atomic E-state index is 0.00167. The van der Waals surface area contributed by atoms with E-state index in [0.29, 0.717) is 6.54 Å². The average Bonchev–Trinajstić information content (AvgIpc) is 2.23. The van der Waals surface area contributed by atoms with E-state index in [1.165, 1.54) is 0 Å². The molecule has 0 aromatic heterocycles. The fourth-order valence-electron chi connectivity index (χ4n) is 1.50. The lowest BCUT2D eigenvalue weighted by Crippen LogP contribution is -2.45. The van der Waals surface area contributed by atoms with Crippen molar-refractivity contribution < 1.29 is 14.7 Å². The van der Waals surface area contributed by atoms with Crippen LogP contribution < -0.4 is 5.32 Å². The van der Waals surface area contributed by atoms with Gasteiger partial charge < -0.3 is 20.2 Å². The number of nitrogens with zero attached hydrogens (tertiary/aromatic N) is 2. The normalized spacial score (nSPS) is 10.8. The second-order valence-electron chi connectivity index (χ2n) is 4.82. The number of carboxylic acid groups (broad SMARTS) is 1. The van der Waals surface area contributed by atoms with Crippen LogP contribution in [-0.2, 0) is 4.79 Å². The quantitative estimate of drug-likeness (QED) is 0.633. The van der Waals surface area contributed by atoms with E-state index in [1.54, 1.807) is 4.90 Å². The van der Waals surface area contributed by atoms with Gasteiger partial charge in [-0.05, 0) is 40.9 Å². The second-order valence-corrected chi connectivity index (χ2v) is 4.82. The number of carbonyl (C=O) groups excluding carboxylic acids is 1. The average molecular weight is 259 g/mol. The zero-order chi connectivity index (χ0) is 14.1. The molecule has 6 nitrogen and oxygen atoms in total. The fraction of sp³-hybridized carbons (Fsp3) is 0.833. The van der Waals surface area contributed by atoms with Gasteiger partial charge in [0.2, 0.25) is 0 Å². The molecule has 6 heteroatoms. The van der Waals surface area contributed by atoms with Crippen molar-refractivity contribution in [2.24, 2.45) is 0 Å². The topological polar surface area (TPSA) is 72.9 Å². The van der Waals surface area contributed by atoms with Gasteiger partial charge in [-0.15, -0.1) is 0 Å². The molecule has 2 N–H and O–H groups in total. The van der Waals surface area contributed by atoms with Gasteiger partial charge in [-0.2, -0.15) is 0 Å². The first-order chi connectivity index (χ1) is 8.34. The first kappa shape index (κ1) is 16.7. The number of hydrogen-bond acceptors (Lipinski definition) is 3. The Hall–Kier alpha value is -1.30. The number of urea groups is 1. The molecule has 0 spiro atoms. The zero-order valence-electron chi connectivity index (χ0n) is 11.8. The van der Waals surface area contributed by atoms with E-state index in [1.807, 2.05) is 27.9 Å². The molecule has 0 aromatic rings. The molecule has 0 fully saturated rings. The molecule has 0 saturated carbocycles. The Morgan fingerprint density at radius 3 is 2.28 bits per heavy atom. The summed E-state index contributed by atoms with van der Waals surface area (Å²) in [6.07, 6.45) is 0.854. The smallest absolute Gasteiger partial charge is 0.317 e. The summed E-state index contributed by atoms with van der Waals surface area (Å²) in [5.41, 5.74) is 0. The third-order valence-electron chi connectivity index (χ3n) is 2.51. The Morgan fingerprint density at radius 2 is 1.83 bits per heavy atom. The van der Waals surface area contributed by atoms with Crippen molar-refractivity contribution in [2.45, 2.75) is 32.7 Å². The van der Waals surface area contributed by atoms with Crippen molar-refractivity contribution in [3.8, 4) is 0 Å². The first-order valence-electron chi connectivity index (χ1n) is 6.25. The molecule has 0 rings (SSSR count). The number of carboxylic acids is 1. The highest BCUT2D eigenvalue weighted by molar-refractivity contribution is 5.75. The van der Waals surface area contributed by atoms with E-state index in [2.05, 4.69) is 10.2 Å². The van der Waals surface area contributed by atoms with Gasteiger partial charge in [0.25, 0.3) is 0 Å². The molecule has 2 amide bonds. The number of nitrogens with one attached hydrogen (secondary N) is 1. The molecule has 0 aromatic carbocycles. The summed E-state index contributed by atoms with van der Waals surface area (Å²) in [5.74, 6) is -0.888. The third-order valence-corrected chi connectivity index (χ3v) is 2.51. The molecular weight excluding hydrogens is 234 g/mol. The predicted molar refractivity (Wildman–Crippen MR) is 70.7 cm³/mol. The van der Waals surface area contributed by atoms with Gasteiger partial charge in [-0.25, -0.2) is 4.79 Å². The van der Waals surface area contributed by atoms with E-state index < -0.39 is 5.97 Å². The Bertz CT molecular complexity index is 267.